The van der Waals surface area contributed by atoms with Gasteiger partial charge in [0.1, 0.15) is 5.60 Å². The maximum atomic E-state index is 13.3. The summed E-state index contributed by atoms with van der Waals surface area (Å²) in [6.07, 6.45) is -0.644. The summed E-state index contributed by atoms with van der Waals surface area (Å²) in [5, 5.41) is 23.0. The van der Waals surface area contributed by atoms with E-state index in [0.717, 1.165) is 42.5 Å². The molecule has 0 aromatic heterocycles. The van der Waals surface area contributed by atoms with Crippen LogP contribution in [0, 0.1) is 17.2 Å². The van der Waals surface area contributed by atoms with Gasteiger partial charge < -0.3 is 16.2 Å². The van der Waals surface area contributed by atoms with Gasteiger partial charge in [-0.05, 0) is 48.1 Å². The Balaban J connectivity index is 1.93. The van der Waals surface area contributed by atoms with Crippen LogP contribution in [0.2, 0.25) is 0 Å². The van der Waals surface area contributed by atoms with Crippen molar-refractivity contribution in [3.05, 3.63) is 64.7 Å². The molecule has 0 heterocycles. The third kappa shape index (κ3) is 5.29. The first-order chi connectivity index (χ1) is 15.2. The summed E-state index contributed by atoms with van der Waals surface area (Å²) in [6.45, 7) is 0.313. The number of nitrogens with one attached hydrogen (secondary N) is 1. The number of amides is 1. The van der Waals surface area contributed by atoms with Gasteiger partial charge in [0, 0.05) is 18.7 Å². The Morgan fingerprint density at radius 3 is 2.44 bits per heavy atom. The first-order valence-electron chi connectivity index (χ1n) is 10.6. The van der Waals surface area contributed by atoms with E-state index in [4.69, 9.17) is 11.0 Å². The monoisotopic (exact) mass is 445 g/mol. The average molecular weight is 445 g/mol. The van der Waals surface area contributed by atoms with Crippen LogP contribution in [0.4, 0.5) is 18.9 Å². The minimum absolute atomic E-state index is 0.0275. The number of alkyl halides is 3. The Morgan fingerprint density at radius 1 is 1.12 bits per heavy atom. The number of hydrogen-bond donors (Lipinski definition) is 3. The van der Waals surface area contributed by atoms with Crippen molar-refractivity contribution in [2.24, 2.45) is 11.7 Å². The van der Waals surface area contributed by atoms with Crippen LogP contribution in [0.25, 0.3) is 0 Å². The summed E-state index contributed by atoms with van der Waals surface area (Å²) in [4.78, 5) is 13.3. The van der Waals surface area contributed by atoms with Crippen LogP contribution >= 0.6 is 0 Å². The fraction of sp³-hybridized carbons (Fsp3) is 0.417. The SMILES string of the molecule is N#Cc1ccc(NC(=O)C(O)(Cc2cccc(CN)c2)C2CCCCC2)cc1C(F)(F)F. The Hall–Kier alpha value is -2.89. The van der Waals surface area contributed by atoms with Crippen LogP contribution in [-0.4, -0.2) is 16.6 Å². The number of benzene rings is 2. The lowest BCUT2D eigenvalue weighted by Gasteiger charge is -2.37. The quantitative estimate of drug-likeness (QED) is 0.608. The molecule has 8 heteroatoms. The topological polar surface area (TPSA) is 99.1 Å². The highest BCUT2D eigenvalue weighted by molar-refractivity contribution is 5.97. The minimum atomic E-state index is -4.74. The molecule has 1 fully saturated rings. The maximum absolute atomic E-state index is 13.3. The molecule has 1 amide bonds. The van der Waals surface area contributed by atoms with Crippen LogP contribution in [0.15, 0.2) is 42.5 Å². The molecule has 1 unspecified atom stereocenters. The molecule has 0 saturated heterocycles. The lowest BCUT2D eigenvalue weighted by Crippen LogP contribution is -2.51. The zero-order chi connectivity index (χ0) is 23.4. The second-order valence-electron chi connectivity index (χ2n) is 8.28. The average Bonchev–Trinajstić information content (AvgIpc) is 2.79. The van der Waals surface area contributed by atoms with Gasteiger partial charge in [0.15, 0.2) is 0 Å². The van der Waals surface area contributed by atoms with Crippen LogP contribution in [0.1, 0.15) is 54.4 Å². The smallest absolute Gasteiger partial charge is 0.379 e. The lowest BCUT2D eigenvalue weighted by molar-refractivity contribution is -0.142. The molecule has 1 aliphatic rings. The summed E-state index contributed by atoms with van der Waals surface area (Å²) < 4.78 is 39.9. The van der Waals surface area contributed by atoms with Crippen molar-refractivity contribution in [2.45, 2.75) is 56.8 Å². The van der Waals surface area contributed by atoms with E-state index < -0.39 is 28.8 Å². The highest BCUT2D eigenvalue weighted by Gasteiger charge is 2.44. The molecule has 0 bridgehead atoms. The van der Waals surface area contributed by atoms with Crippen molar-refractivity contribution < 1.29 is 23.1 Å². The van der Waals surface area contributed by atoms with Crippen LogP contribution < -0.4 is 11.1 Å². The van der Waals surface area contributed by atoms with Crippen molar-refractivity contribution in [1.29, 1.82) is 5.26 Å². The maximum Gasteiger partial charge on any atom is 0.417 e. The third-order valence-corrected chi connectivity index (χ3v) is 6.08. The molecule has 3 rings (SSSR count). The van der Waals surface area contributed by atoms with Gasteiger partial charge in [0.25, 0.3) is 5.91 Å². The summed E-state index contributed by atoms with van der Waals surface area (Å²) in [5.74, 6) is -1.07. The predicted molar refractivity (Wildman–Crippen MR) is 114 cm³/mol. The van der Waals surface area contributed by atoms with E-state index in [1.807, 2.05) is 12.1 Å². The van der Waals surface area contributed by atoms with Crippen molar-refractivity contribution in [1.82, 2.24) is 0 Å². The minimum Gasteiger partial charge on any atom is -0.379 e. The Kier molecular flexibility index (Phi) is 7.22. The van der Waals surface area contributed by atoms with Gasteiger partial charge in [-0.2, -0.15) is 18.4 Å². The molecule has 1 aliphatic carbocycles. The van der Waals surface area contributed by atoms with E-state index in [1.54, 1.807) is 12.1 Å². The van der Waals surface area contributed by atoms with Gasteiger partial charge >= 0.3 is 6.18 Å². The van der Waals surface area contributed by atoms with Gasteiger partial charge in [-0.1, -0.05) is 43.5 Å². The molecule has 0 aliphatic heterocycles. The molecule has 170 valence electrons. The van der Waals surface area contributed by atoms with E-state index in [0.29, 0.717) is 19.4 Å². The van der Waals surface area contributed by atoms with Crippen LogP contribution in [0.5, 0.6) is 0 Å². The number of nitrogens with zero attached hydrogens (tertiary/aromatic N) is 1. The Labute approximate surface area is 185 Å². The van der Waals surface area contributed by atoms with Crippen LogP contribution in [0.3, 0.4) is 0 Å². The fourth-order valence-electron chi connectivity index (χ4n) is 4.36. The third-order valence-electron chi connectivity index (χ3n) is 6.08. The van der Waals surface area contributed by atoms with Crippen molar-refractivity contribution >= 4 is 11.6 Å². The van der Waals surface area contributed by atoms with Crippen molar-refractivity contribution in [2.75, 3.05) is 5.32 Å². The second-order valence-corrected chi connectivity index (χ2v) is 8.28. The first-order valence-corrected chi connectivity index (χ1v) is 10.6. The number of nitriles is 1. The summed E-state index contributed by atoms with van der Waals surface area (Å²) in [7, 11) is 0. The second kappa shape index (κ2) is 9.72. The number of nitrogens with two attached hydrogens (primary N) is 1. The zero-order valence-electron chi connectivity index (χ0n) is 17.6. The Bertz CT molecular complexity index is 1010. The lowest BCUT2D eigenvalue weighted by atomic mass is 9.73. The van der Waals surface area contributed by atoms with Crippen molar-refractivity contribution in [3.63, 3.8) is 0 Å². The molecule has 1 atom stereocenters. The molecular weight excluding hydrogens is 419 g/mol. The molecule has 5 nitrogen and oxygen atoms in total. The van der Waals surface area contributed by atoms with E-state index in [-0.39, 0.29) is 18.0 Å². The normalized spacial score (nSPS) is 16.8. The van der Waals surface area contributed by atoms with Crippen molar-refractivity contribution in [3.8, 4) is 6.07 Å². The van der Waals surface area contributed by atoms with Gasteiger partial charge in [-0.25, -0.2) is 0 Å². The first kappa shape index (κ1) is 23.8. The van der Waals surface area contributed by atoms with E-state index in [2.05, 4.69) is 5.32 Å². The zero-order valence-corrected chi connectivity index (χ0v) is 17.6. The molecule has 2 aromatic carbocycles. The van der Waals surface area contributed by atoms with Gasteiger partial charge in [0.05, 0.1) is 17.2 Å². The summed E-state index contributed by atoms with van der Waals surface area (Å²) in [5.41, 5.74) is 3.72. The number of rotatable bonds is 6. The van der Waals surface area contributed by atoms with Gasteiger partial charge in [0.2, 0.25) is 0 Å². The van der Waals surface area contributed by atoms with E-state index >= 15 is 0 Å². The summed E-state index contributed by atoms with van der Waals surface area (Å²) in [6, 6.07) is 11.8. The van der Waals surface area contributed by atoms with Gasteiger partial charge in [-0.15, -0.1) is 0 Å². The molecule has 4 N–H and O–H groups in total. The predicted octanol–water partition coefficient (Wildman–Crippen LogP) is 4.53. The van der Waals surface area contributed by atoms with E-state index in [9.17, 15) is 23.1 Å². The fourth-order valence-corrected chi connectivity index (χ4v) is 4.36. The highest BCUT2D eigenvalue weighted by Crippen LogP contribution is 2.37. The number of anilines is 1. The Morgan fingerprint density at radius 2 is 1.81 bits per heavy atom. The molecule has 32 heavy (non-hydrogen) atoms. The number of carbonyl (C=O) groups excluding carboxylic acids is 1. The van der Waals surface area contributed by atoms with Gasteiger partial charge in [-0.3, -0.25) is 4.79 Å². The molecular formula is C24H26F3N3O2. The number of carbonyl (C=O) groups is 1. The summed E-state index contributed by atoms with van der Waals surface area (Å²) >= 11 is 0. The molecule has 1 saturated carbocycles. The highest BCUT2D eigenvalue weighted by atomic mass is 19.4. The number of aliphatic hydroxyl groups is 1. The largest absolute Gasteiger partial charge is 0.417 e. The number of hydrogen-bond acceptors (Lipinski definition) is 4. The van der Waals surface area contributed by atoms with Crippen LogP contribution in [-0.2, 0) is 23.9 Å². The molecule has 0 spiro atoms. The van der Waals surface area contributed by atoms with E-state index in [1.165, 1.54) is 12.1 Å². The molecule has 0 radical (unpaired) electrons. The number of halogens is 3. The molecule has 2 aromatic rings. The standard InChI is InChI=1S/C24H26F3N3O2/c25-24(26,27)21-12-20(10-9-18(21)15-29)30-22(31)23(32,19-7-2-1-3-8-19)13-16-5-4-6-17(11-16)14-28/h4-6,9-12,19,32H,1-3,7-8,13-14,28H2,(H,30,31).